The number of para-hydroxylation sites is 1. The summed E-state index contributed by atoms with van der Waals surface area (Å²) >= 11 is 12.3. The van der Waals surface area contributed by atoms with Gasteiger partial charge in [0, 0.05) is 15.7 Å². The smallest absolute Gasteiger partial charge is 0.295 e. The second kappa shape index (κ2) is 6.76. The number of carbonyl (C=O) groups excluding carboxylic acids is 1. The first-order chi connectivity index (χ1) is 14.0. The largest absolute Gasteiger partial charge is 0.450 e. The molecule has 1 aromatic heterocycles. The number of amides is 1. The normalized spacial score (nSPS) is 15.7. The van der Waals surface area contributed by atoms with Crippen LogP contribution >= 0.6 is 23.2 Å². The molecule has 142 valence electrons. The SMILES string of the molecule is O=C1c2oc3ccc(Cl)cc3c(=O)c2C(c2cccc(Cl)c2)N1c1ccccc1. The van der Waals surface area contributed by atoms with Crippen LogP contribution < -0.4 is 10.3 Å². The molecule has 0 bridgehead atoms. The van der Waals surface area contributed by atoms with Gasteiger partial charge in [0.05, 0.1) is 17.0 Å². The number of rotatable bonds is 2. The Labute approximate surface area is 175 Å². The van der Waals surface area contributed by atoms with Crippen LogP contribution in [0.2, 0.25) is 10.0 Å². The van der Waals surface area contributed by atoms with Crippen LogP contribution in [-0.4, -0.2) is 5.91 Å². The first-order valence-corrected chi connectivity index (χ1v) is 9.70. The van der Waals surface area contributed by atoms with E-state index in [1.165, 1.54) is 0 Å². The lowest BCUT2D eigenvalue weighted by Gasteiger charge is -2.25. The Balaban J connectivity index is 1.84. The Morgan fingerprint density at radius 1 is 0.828 bits per heavy atom. The summed E-state index contributed by atoms with van der Waals surface area (Å²) in [6, 6.07) is 20.5. The average molecular weight is 422 g/mol. The molecular weight excluding hydrogens is 409 g/mol. The predicted molar refractivity (Wildman–Crippen MR) is 114 cm³/mol. The van der Waals surface area contributed by atoms with Crippen molar-refractivity contribution in [3.05, 3.63) is 110 Å². The molecule has 0 N–H and O–H groups in total. The van der Waals surface area contributed by atoms with E-state index in [1.807, 2.05) is 36.4 Å². The monoisotopic (exact) mass is 421 g/mol. The second-order valence-electron chi connectivity index (χ2n) is 6.78. The van der Waals surface area contributed by atoms with Crippen LogP contribution in [-0.2, 0) is 0 Å². The molecule has 5 rings (SSSR count). The molecule has 0 saturated heterocycles. The van der Waals surface area contributed by atoms with Gasteiger partial charge in [-0.3, -0.25) is 14.5 Å². The van der Waals surface area contributed by atoms with E-state index in [1.54, 1.807) is 41.3 Å². The molecule has 4 nitrogen and oxygen atoms in total. The van der Waals surface area contributed by atoms with Crippen LogP contribution in [0.3, 0.4) is 0 Å². The number of nitrogens with zero attached hydrogens (tertiary/aromatic N) is 1. The summed E-state index contributed by atoms with van der Waals surface area (Å²) in [5.41, 5.74) is 1.72. The molecule has 1 unspecified atom stereocenters. The van der Waals surface area contributed by atoms with Gasteiger partial charge in [0.2, 0.25) is 5.76 Å². The third-order valence-electron chi connectivity index (χ3n) is 5.03. The second-order valence-corrected chi connectivity index (χ2v) is 7.66. The van der Waals surface area contributed by atoms with E-state index in [9.17, 15) is 9.59 Å². The highest BCUT2D eigenvalue weighted by atomic mass is 35.5. The van der Waals surface area contributed by atoms with E-state index < -0.39 is 6.04 Å². The molecular formula is C23H13Cl2NO3. The maximum Gasteiger partial charge on any atom is 0.295 e. The molecule has 0 aliphatic carbocycles. The summed E-state index contributed by atoms with van der Waals surface area (Å²) in [5.74, 6) is -0.330. The van der Waals surface area contributed by atoms with Crippen molar-refractivity contribution in [2.24, 2.45) is 0 Å². The predicted octanol–water partition coefficient (Wildman–Crippen LogP) is 5.85. The Bertz CT molecular complexity index is 1330. The van der Waals surface area contributed by atoms with Crippen LogP contribution in [0.1, 0.15) is 27.7 Å². The van der Waals surface area contributed by atoms with Crippen LogP contribution in [0.25, 0.3) is 11.0 Å². The molecule has 1 amide bonds. The lowest BCUT2D eigenvalue weighted by molar-refractivity contribution is 0.0971. The number of halogens is 2. The van der Waals surface area contributed by atoms with Crippen molar-refractivity contribution in [1.29, 1.82) is 0 Å². The first kappa shape index (κ1) is 18.0. The number of anilines is 1. The van der Waals surface area contributed by atoms with Gasteiger partial charge < -0.3 is 4.42 Å². The zero-order valence-electron chi connectivity index (χ0n) is 14.9. The number of carbonyl (C=O) groups is 1. The van der Waals surface area contributed by atoms with Crippen LogP contribution in [0, 0.1) is 0 Å². The van der Waals surface area contributed by atoms with E-state index in [0.717, 1.165) is 5.56 Å². The zero-order valence-corrected chi connectivity index (χ0v) is 16.4. The quantitative estimate of drug-likeness (QED) is 0.407. The van der Waals surface area contributed by atoms with Gasteiger partial charge in [0.1, 0.15) is 5.58 Å². The summed E-state index contributed by atoms with van der Waals surface area (Å²) < 4.78 is 5.90. The molecule has 6 heteroatoms. The Morgan fingerprint density at radius 3 is 2.34 bits per heavy atom. The Kier molecular flexibility index (Phi) is 4.19. The maximum absolute atomic E-state index is 13.4. The summed E-state index contributed by atoms with van der Waals surface area (Å²) in [7, 11) is 0. The molecule has 2 heterocycles. The van der Waals surface area contributed by atoms with E-state index in [0.29, 0.717) is 26.7 Å². The lowest BCUT2D eigenvalue weighted by atomic mass is 9.98. The lowest BCUT2D eigenvalue weighted by Crippen LogP contribution is -2.29. The molecule has 0 spiro atoms. The van der Waals surface area contributed by atoms with Crippen molar-refractivity contribution in [2.75, 3.05) is 4.90 Å². The van der Waals surface area contributed by atoms with E-state index >= 15 is 0 Å². The maximum atomic E-state index is 13.4. The topological polar surface area (TPSA) is 50.5 Å². The molecule has 0 fully saturated rings. The van der Waals surface area contributed by atoms with Gasteiger partial charge in [-0.2, -0.15) is 0 Å². The molecule has 4 aromatic rings. The minimum atomic E-state index is -0.654. The highest BCUT2D eigenvalue weighted by molar-refractivity contribution is 6.31. The first-order valence-electron chi connectivity index (χ1n) is 8.95. The standard InChI is InChI=1S/C23H13Cl2NO3/c24-14-6-4-5-13(11-14)20-19-21(27)17-12-15(25)9-10-18(17)29-22(19)23(28)26(20)16-7-2-1-3-8-16/h1-12,20H. The zero-order chi connectivity index (χ0) is 20.1. The highest BCUT2D eigenvalue weighted by Gasteiger charge is 2.43. The molecule has 1 aliphatic heterocycles. The minimum absolute atomic E-state index is 0.0404. The number of hydrogen-bond donors (Lipinski definition) is 0. The van der Waals surface area contributed by atoms with Gasteiger partial charge in [0.25, 0.3) is 5.91 Å². The van der Waals surface area contributed by atoms with Gasteiger partial charge >= 0.3 is 0 Å². The molecule has 0 saturated carbocycles. The number of fused-ring (bicyclic) bond motifs is 2. The summed E-state index contributed by atoms with van der Waals surface area (Å²) in [6.07, 6.45) is 0. The third-order valence-corrected chi connectivity index (χ3v) is 5.50. The fourth-order valence-corrected chi connectivity index (χ4v) is 4.16. The molecule has 0 radical (unpaired) electrons. The molecule has 3 aromatic carbocycles. The van der Waals surface area contributed by atoms with Crippen LogP contribution in [0.5, 0.6) is 0 Å². The third kappa shape index (κ3) is 2.84. The fourth-order valence-electron chi connectivity index (χ4n) is 3.79. The van der Waals surface area contributed by atoms with E-state index in [-0.39, 0.29) is 22.7 Å². The van der Waals surface area contributed by atoms with Crippen LogP contribution in [0.4, 0.5) is 5.69 Å². The van der Waals surface area contributed by atoms with Crippen molar-refractivity contribution in [2.45, 2.75) is 6.04 Å². The van der Waals surface area contributed by atoms with Gasteiger partial charge in [-0.15, -0.1) is 0 Å². The van der Waals surface area contributed by atoms with Crippen molar-refractivity contribution < 1.29 is 9.21 Å². The highest BCUT2D eigenvalue weighted by Crippen LogP contribution is 2.41. The van der Waals surface area contributed by atoms with Gasteiger partial charge in [0.15, 0.2) is 5.43 Å². The van der Waals surface area contributed by atoms with Crippen molar-refractivity contribution >= 4 is 45.8 Å². The van der Waals surface area contributed by atoms with Crippen molar-refractivity contribution in [3.8, 4) is 0 Å². The van der Waals surface area contributed by atoms with E-state index in [4.69, 9.17) is 27.6 Å². The average Bonchev–Trinajstić information content (AvgIpc) is 3.02. The summed E-state index contributed by atoms with van der Waals surface area (Å²) in [6.45, 7) is 0. The van der Waals surface area contributed by atoms with Crippen LogP contribution in [0.15, 0.2) is 82.0 Å². The van der Waals surface area contributed by atoms with Gasteiger partial charge in [-0.05, 0) is 48.0 Å². The molecule has 1 aliphatic rings. The Morgan fingerprint density at radius 2 is 1.59 bits per heavy atom. The number of benzene rings is 3. The van der Waals surface area contributed by atoms with Crippen molar-refractivity contribution in [3.63, 3.8) is 0 Å². The molecule has 29 heavy (non-hydrogen) atoms. The van der Waals surface area contributed by atoms with Gasteiger partial charge in [-0.25, -0.2) is 0 Å². The van der Waals surface area contributed by atoms with Gasteiger partial charge in [-0.1, -0.05) is 53.5 Å². The Hall–Kier alpha value is -3.08. The minimum Gasteiger partial charge on any atom is -0.450 e. The summed E-state index contributed by atoms with van der Waals surface area (Å²) in [5, 5.41) is 1.28. The molecule has 1 atom stereocenters. The van der Waals surface area contributed by atoms with E-state index in [2.05, 4.69) is 0 Å². The fraction of sp³-hybridized carbons (Fsp3) is 0.0435. The number of hydrogen-bond acceptors (Lipinski definition) is 3. The summed E-state index contributed by atoms with van der Waals surface area (Å²) in [4.78, 5) is 28.4. The van der Waals surface area contributed by atoms with Crippen molar-refractivity contribution in [1.82, 2.24) is 0 Å².